The fourth-order valence-electron chi connectivity index (χ4n) is 4.56. The number of carbonyl (C=O) groups excluding carboxylic acids is 1. The third-order valence-corrected chi connectivity index (χ3v) is 8.20. The number of aliphatic carboxylic acids is 1. The molecule has 1 aliphatic heterocycles. The molecule has 0 aliphatic carbocycles. The van der Waals surface area contributed by atoms with Crippen molar-refractivity contribution < 1.29 is 24.3 Å². The third-order valence-electron chi connectivity index (χ3n) is 6.90. The number of nitrogens with one attached hydrogen (secondary N) is 3. The molecule has 224 valence electrons. The number of rotatable bonds is 16. The quantitative estimate of drug-likeness (QED) is 0.138. The zero-order valence-electron chi connectivity index (χ0n) is 24.5. The summed E-state index contributed by atoms with van der Waals surface area (Å²) < 4.78 is 5.54. The van der Waals surface area contributed by atoms with Crippen molar-refractivity contribution in [3.63, 3.8) is 0 Å². The minimum absolute atomic E-state index is 0.149. The van der Waals surface area contributed by atoms with E-state index < -0.39 is 18.3 Å². The molecule has 4 N–H and O–H groups in total. The lowest BCUT2D eigenvalue weighted by Gasteiger charge is -2.16. The van der Waals surface area contributed by atoms with Gasteiger partial charge in [-0.25, -0.2) is 10.3 Å². The number of amides is 1. The normalized spacial score (nSPS) is 15.8. The van der Waals surface area contributed by atoms with Gasteiger partial charge in [0.05, 0.1) is 11.9 Å². The second kappa shape index (κ2) is 15.9. The first-order chi connectivity index (χ1) is 20.3. The van der Waals surface area contributed by atoms with Gasteiger partial charge in [-0.1, -0.05) is 80.6 Å². The topological polar surface area (TPSA) is 109 Å². The molecular weight excluding hydrogens is 550 g/mol. The molecule has 1 heterocycles. The molecule has 0 radical (unpaired) electrons. The third kappa shape index (κ3) is 9.96. The van der Waals surface area contributed by atoms with Gasteiger partial charge in [0.1, 0.15) is 6.04 Å². The molecule has 3 aromatic carbocycles. The van der Waals surface area contributed by atoms with Crippen molar-refractivity contribution in [3.05, 3.63) is 101 Å². The van der Waals surface area contributed by atoms with Crippen LogP contribution in [-0.2, 0) is 51.6 Å². The Balaban J connectivity index is 1.18. The number of carboxylic acids is 1. The highest BCUT2D eigenvalue weighted by molar-refractivity contribution is 8.01. The summed E-state index contributed by atoms with van der Waals surface area (Å²) in [4.78, 5) is 30.8. The Morgan fingerprint density at radius 1 is 0.905 bits per heavy atom. The predicted octanol–water partition coefficient (Wildman–Crippen LogP) is 4.85. The van der Waals surface area contributed by atoms with Crippen LogP contribution in [-0.4, -0.2) is 41.2 Å². The summed E-state index contributed by atoms with van der Waals surface area (Å²) in [5, 5.41) is 16.0. The number of carbonyl (C=O) groups is 2. The lowest BCUT2D eigenvalue weighted by atomic mass is 10.1. The van der Waals surface area contributed by atoms with Gasteiger partial charge < -0.3 is 20.5 Å². The molecule has 0 saturated carbocycles. The maximum Gasteiger partial charge on any atom is 0.321 e. The van der Waals surface area contributed by atoms with E-state index in [1.54, 1.807) is 18.7 Å². The van der Waals surface area contributed by atoms with Crippen molar-refractivity contribution in [2.45, 2.75) is 75.7 Å². The molecule has 0 aromatic heterocycles. The molecule has 9 heteroatoms. The number of thioether (sulfide) groups is 1. The van der Waals surface area contributed by atoms with Gasteiger partial charge in [0.15, 0.2) is 6.29 Å². The van der Waals surface area contributed by atoms with Crippen LogP contribution in [0, 0.1) is 5.92 Å². The van der Waals surface area contributed by atoms with Gasteiger partial charge in [-0.05, 0) is 59.6 Å². The first-order valence-corrected chi connectivity index (χ1v) is 15.3. The van der Waals surface area contributed by atoms with Crippen molar-refractivity contribution >= 4 is 23.6 Å². The number of benzene rings is 3. The van der Waals surface area contributed by atoms with Crippen LogP contribution in [0.1, 0.15) is 48.6 Å². The van der Waals surface area contributed by atoms with Crippen LogP contribution in [0.15, 0.2) is 77.7 Å². The van der Waals surface area contributed by atoms with E-state index in [1.807, 2.05) is 42.5 Å². The second-order valence-corrected chi connectivity index (χ2v) is 12.3. The van der Waals surface area contributed by atoms with Crippen LogP contribution in [0.3, 0.4) is 0 Å². The first-order valence-electron chi connectivity index (χ1n) is 14.4. The zero-order valence-corrected chi connectivity index (χ0v) is 25.3. The van der Waals surface area contributed by atoms with Gasteiger partial charge in [0, 0.05) is 24.5 Å². The van der Waals surface area contributed by atoms with E-state index in [2.05, 4.69) is 60.3 Å². The van der Waals surface area contributed by atoms with E-state index in [0.29, 0.717) is 45.0 Å². The van der Waals surface area contributed by atoms with Crippen LogP contribution in [0.2, 0.25) is 0 Å². The molecule has 1 aliphatic rings. The molecule has 0 spiro atoms. The van der Waals surface area contributed by atoms with Crippen molar-refractivity contribution in [2.75, 3.05) is 6.61 Å². The van der Waals surface area contributed by atoms with E-state index in [4.69, 9.17) is 9.57 Å². The molecule has 3 atom stereocenters. The Kier molecular flexibility index (Phi) is 12.0. The molecule has 4 rings (SSSR count). The number of ether oxygens (including phenoxy) is 1. The number of hydrogen-bond donors (Lipinski definition) is 4. The summed E-state index contributed by atoms with van der Waals surface area (Å²) in [5.74, 6) is -0.604. The van der Waals surface area contributed by atoms with Gasteiger partial charge in [0.2, 0.25) is 0 Å². The van der Waals surface area contributed by atoms with Crippen LogP contribution in [0.25, 0.3) is 0 Å². The Morgan fingerprint density at radius 3 is 2.26 bits per heavy atom. The largest absolute Gasteiger partial charge is 0.480 e. The summed E-state index contributed by atoms with van der Waals surface area (Å²) in [6.07, 6.45) is 0.615. The highest BCUT2D eigenvalue weighted by atomic mass is 32.2. The number of fused-ring (bicyclic) bond motifs is 1. The molecule has 42 heavy (non-hydrogen) atoms. The minimum Gasteiger partial charge on any atom is -0.480 e. The minimum atomic E-state index is -0.852. The van der Waals surface area contributed by atoms with Crippen LogP contribution < -0.4 is 16.1 Å². The monoisotopic (exact) mass is 591 g/mol. The van der Waals surface area contributed by atoms with Gasteiger partial charge in [-0.15, -0.1) is 11.8 Å². The highest BCUT2D eigenvalue weighted by Crippen LogP contribution is 2.37. The van der Waals surface area contributed by atoms with E-state index in [-0.39, 0.29) is 11.2 Å². The number of carboxylic acid groups (broad SMARTS) is 1. The fourth-order valence-corrected chi connectivity index (χ4v) is 5.81. The summed E-state index contributed by atoms with van der Waals surface area (Å²) >= 11 is 1.57. The predicted molar refractivity (Wildman–Crippen MR) is 165 cm³/mol. The van der Waals surface area contributed by atoms with Gasteiger partial charge >= 0.3 is 5.97 Å². The summed E-state index contributed by atoms with van der Waals surface area (Å²) in [6, 6.07) is 23.6. The van der Waals surface area contributed by atoms with Gasteiger partial charge in [-0.2, -0.15) is 0 Å². The Bertz CT molecular complexity index is 1300. The first kappa shape index (κ1) is 31.7. The lowest BCUT2D eigenvalue weighted by Crippen LogP contribution is -2.38. The molecule has 0 saturated heterocycles. The van der Waals surface area contributed by atoms with E-state index in [1.165, 1.54) is 5.56 Å². The standard InChI is InChI=1S/C33H41N3O5S/c1-22(2)21-40-23(3)41-36-32(37)31-17-28-14-13-27(16-30(28)42-31)19-34-18-25-9-11-26(12-10-25)20-35-29(33(38)39)15-24-7-5-4-6-8-24/h4-14,16,22-23,29,31,34-35H,15,17-21H2,1-3H3,(H,36,37)(H,38,39)/t23?,29-,31?/m0/s1. The smallest absolute Gasteiger partial charge is 0.321 e. The number of hydroxylamine groups is 1. The molecule has 3 aromatic rings. The molecule has 0 fully saturated rings. The summed E-state index contributed by atoms with van der Waals surface area (Å²) in [7, 11) is 0. The van der Waals surface area contributed by atoms with Crippen LogP contribution >= 0.6 is 11.8 Å². The summed E-state index contributed by atoms with van der Waals surface area (Å²) in [5.41, 5.74) is 8.07. The van der Waals surface area contributed by atoms with Crippen LogP contribution in [0.5, 0.6) is 0 Å². The Hall–Kier alpha value is -3.21. The molecule has 1 amide bonds. The van der Waals surface area contributed by atoms with E-state index in [0.717, 1.165) is 27.1 Å². The SMILES string of the molecule is CC(C)COC(C)ONC(=O)C1Cc2ccc(CNCc3ccc(CN[C@@H](Cc4ccccc4)C(=O)O)cc3)cc2S1. The highest BCUT2D eigenvalue weighted by Gasteiger charge is 2.29. The molecule has 2 unspecified atom stereocenters. The summed E-state index contributed by atoms with van der Waals surface area (Å²) in [6.45, 7) is 8.38. The van der Waals surface area contributed by atoms with Crippen molar-refractivity contribution in [1.29, 1.82) is 0 Å². The van der Waals surface area contributed by atoms with Crippen molar-refractivity contribution in [3.8, 4) is 0 Å². The van der Waals surface area contributed by atoms with E-state index >= 15 is 0 Å². The zero-order chi connectivity index (χ0) is 29.9. The average Bonchev–Trinajstić information content (AvgIpc) is 3.42. The molecule has 0 bridgehead atoms. The van der Waals surface area contributed by atoms with E-state index in [9.17, 15) is 14.7 Å². The van der Waals surface area contributed by atoms with Gasteiger partial charge in [0.25, 0.3) is 5.91 Å². The average molecular weight is 592 g/mol. The van der Waals surface area contributed by atoms with Crippen LogP contribution in [0.4, 0.5) is 0 Å². The fraction of sp³-hybridized carbons (Fsp3) is 0.394. The van der Waals surface area contributed by atoms with Crippen molar-refractivity contribution in [1.82, 2.24) is 16.1 Å². The lowest BCUT2D eigenvalue weighted by molar-refractivity contribution is -0.182. The van der Waals surface area contributed by atoms with Crippen molar-refractivity contribution in [2.24, 2.45) is 5.92 Å². The Morgan fingerprint density at radius 2 is 1.57 bits per heavy atom. The maximum atomic E-state index is 12.6. The Labute approximate surface area is 252 Å². The maximum absolute atomic E-state index is 12.6. The van der Waals surface area contributed by atoms with Gasteiger partial charge in [-0.3, -0.25) is 9.59 Å². The second-order valence-electron chi connectivity index (χ2n) is 11.0. The molecular formula is C33H41N3O5S. The number of hydrogen-bond acceptors (Lipinski definition) is 7. The molecule has 8 nitrogen and oxygen atoms in total.